The number of aliphatic hydroxyl groups excluding tert-OH is 1. The Labute approximate surface area is 77.4 Å². The van der Waals surface area contributed by atoms with Crippen molar-refractivity contribution in [3.05, 3.63) is 24.2 Å². The van der Waals surface area contributed by atoms with Crippen LogP contribution in [0.4, 0.5) is 0 Å². The Balaban J connectivity index is 2.41. The Bertz CT molecular complexity index is 251. The van der Waals surface area contributed by atoms with Gasteiger partial charge in [0.25, 0.3) is 0 Å². The highest BCUT2D eigenvalue weighted by atomic mass is 16.3. The fourth-order valence-corrected chi connectivity index (χ4v) is 1.14. The first-order valence-corrected chi connectivity index (χ1v) is 4.47. The molecule has 0 aliphatic carbocycles. The smallest absolute Gasteiger partial charge is 0.168 e. The van der Waals surface area contributed by atoms with Gasteiger partial charge < -0.3 is 9.52 Å². The molecule has 1 rings (SSSR count). The van der Waals surface area contributed by atoms with Crippen molar-refractivity contribution in [2.75, 3.05) is 0 Å². The normalized spacial score (nSPS) is 12.8. The number of hydrogen-bond donors (Lipinski definition) is 1. The number of Topliss-reactive ketones (excluding diaryl/α,β-unsaturated/α-hetero) is 1. The fraction of sp³-hybridized carbons (Fsp3) is 0.500. The quantitative estimate of drug-likeness (QED) is 0.751. The lowest BCUT2D eigenvalue weighted by atomic mass is 10.1. The average molecular weight is 182 g/mol. The summed E-state index contributed by atoms with van der Waals surface area (Å²) in [7, 11) is 0. The summed E-state index contributed by atoms with van der Waals surface area (Å²) in [6.07, 6.45) is 2.21. The van der Waals surface area contributed by atoms with Crippen LogP contribution in [-0.2, 0) is 11.2 Å². The molecule has 0 aliphatic rings. The molecule has 0 saturated heterocycles. The van der Waals surface area contributed by atoms with E-state index in [0.29, 0.717) is 12.2 Å². The number of aliphatic hydroxyl groups is 1. The first-order valence-electron chi connectivity index (χ1n) is 4.47. The summed E-state index contributed by atoms with van der Waals surface area (Å²) in [6, 6.07) is 3.46. The van der Waals surface area contributed by atoms with Crippen LogP contribution in [0.1, 0.15) is 25.5 Å². The number of carbonyl (C=O) groups is 1. The van der Waals surface area contributed by atoms with Crippen molar-refractivity contribution in [1.29, 1.82) is 0 Å². The highest BCUT2D eigenvalue weighted by molar-refractivity contribution is 5.84. The number of hydrogen-bond acceptors (Lipinski definition) is 3. The van der Waals surface area contributed by atoms with Gasteiger partial charge in [0.2, 0.25) is 0 Å². The molecule has 1 unspecified atom stereocenters. The molecule has 0 aliphatic heterocycles. The molecular formula is C10H14O3. The van der Waals surface area contributed by atoms with Crippen LogP contribution in [0.2, 0.25) is 0 Å². The lowest BCUT2D eigenvalue weighted by Crippen LogP contribution is -2.21. The largest absolute Gasteiger partial charge is 0.469 e. The van der Waals surface area contributed by atoms with Gasteiger partial charge in [0.15, 0.2) is 5.78 Å². The van der Waals surface area contributed by atoms with Crippen LogP contribution in [0, 0.1) is 0 Å². The molecule has 3 nitrogen and oxygen atoms in total. The van der Waals surface area contributed by atoms with Crippen LogP contribution in [0.15, 0.2) is 22.8 Å². The summed E-state index contributed by atoms with van der Waals surface area (Å²) in [4.78, 5) is 11.3. The number of ketones is 1. The lowest BCUT2D eigenvalue weighted by molar-refractivity contribution is -0.127. The monoisotopic (exact) mass is 182 g/mol. The molecule has 13 heavy (non-hydrogen) atoms. The molecule has 0 aromatic carbocycles. The minimum absolute atomic E-state index is 0.170. The van der Waals surface area contributed by atoms with Gasteiger partial charge in [0.05, 0.1) is 12.7 Å². The summed E-state index contributed by atoms with van der Waals surface area (Å²) < 4.78 is 5.00. The first-order chi connectivity index (χ1) is 6.24. The molecule has 3 heteroatoms. The molecular weight excluding hydrogens is 168 g/mol. The van der Waals surface area contributed by atoms with Crippen molar-refractivity contribution in [3.63, 3.8) is 0 Å². The third-order valence-corrected chi connectivity index (χ3v) is 1.86. The van der Waals surface area contributed by atoms with E-state index in [1.165, 1.54) is 6.26 Å². The zero-order valence-corrected chi connectivity index (χ0v) is 7.69. The topological polar surface area (TPSA) is 50.4 Å². The van der Waals surface area contributed by atoms with Crippen LogP contribution < -0.4 is 0 Å². The molecule has 0 saturated carbocycles. The van der Waals surface area contributed by atoms with Crippen molar-refractivity contribution in [3.8, 4) is 0 Å². The highest BCUT2D eigenvalue weighted by Crippen LogP contribution is 2.05. The van der Waals surface area contributed by atoms with Gasteiger partial charge in [0.1, 0.15) is 11.9 Å². The zero-order chi connectivity index (χ0) is 9.68. The first kappa shape index (κ1) is 9.99. The van der Waals surface area contributed by atoms with E-state index in [1.54, 1.807) is 12.1 Å². The predicted molar refractivity (Wildman–Crippen MR) is 48.3 cm³/mol. The van der Waals surface area contributed by atoms with Gasteiger partial charge in [-0.1, -0.05) is 13.3 Å². The van der Waals surface area contributed by atoms with E-state index < -0.39 is 6.10 Å². The zero-order valence-electron chi connectivity index (χ0n) is 7.69. The molecule has 1 aromatic rings. The summed E-state index contributed by atoms with van der Waals surface area (Å²) in [6.45, 7) is 1.93. The lowest BCUT2D eigenvalue weighted by Gasteiger charge is -2.05. The molecule has 0 radical (unpaired) electrons. The third-order valence-electron chi connectivity index (χ3n) is 1.86. The second-order valence-electron chi connectivity index (χ2n) is 3.03. The maximum Gasteiger partial charge on any atom is 0.168 e. The minimum Gasteiger partial charge on any atom is -0.469 e. The third kappa shape index (κ3) is 3.03. The summed E-state index contributed by atoms with van der Waals surface area (Å²) in [5.41, 5.74) is 0. The van der Waals surface area contributed by atoms with Crippen LogP contribution in [0.3, 0.4) is 0 Å². The van der Waals surface area contributed by atoms with Gasteiger partial charge in [-0.3, -0.25) is 4.79 Å². The second kappa shape index (κ2) is 4.82. The van der Waals surface area contributed by atoms with E-state index in [0.717, 1.165) is 6.42 Å². The minimum atomic E-state index is -0.838. The summed E-state index contributed by atoms with van der Waals surface area (Å²) in [5.74, 6) is 0.442. The Hall–Kier alpha value is -1.09. The molecule has 0 spiro atoms. The molecule has 1 aromatic heterocycles. The molecule has 1 heterocycles. The average Bonchev–Trinajstić information content (AvgIpc) is 2.57. The molecule has 1 N–H and O–H groups in total. The van der Waals surface area contributed by atoms with Gasteiger partial charge in [-0.15, -0.1) is 0 Å². The van der Waals surface area contributed by atoms with Crippen molar-refractivity contribution in [2.24, 2.45) is 0 Å². The van der Waals surface area contributed by atoms with Crippen LogP contribution in [0.5, 0.6) is 0 Å². The van der Waals surface area contributed by atoms with Crippen LogP contribution in [-0.4, -0.2) is 17.0 Å². The summed E-state index contributed by atoms with van der Waals surface area (Å²) in [5, 5.41) is 9.33. The van der Waals surface area contributed by atoms with Gasteiger partial charge in [-0.05, 0) is 18.6 Å². The van der Waals surface area contributed by atoms with Crippen molar-refractivity contribution >= 4 is 5.78 Å². The maximum absolute atomic E-state index is 11.3. The highest BCUT2D eigenvalue weighted by Gasteiger charge is 2.15. The van der Waals surface area contributed by atoms with Gasteiger partial charge >= 0.3 is 0 Å². The van der Waals surface area contributed by atoms with Gasteiger partial charge in [-0.2, -0.15) is 0 Å². The maximum atomic E-state index is 11.3. The number of furan rings is 1. The fourth-order valence-electron chi connectivity index (χ4n) is 1.14. The summed E-state index contributed by atoms with van der Waals surface area (Å²) >= 11 is 0. The van der Waals surface area contributed by atoms with E-state index in [-0.39, 0.29) is 12.2 Å². The molecule has 1 atom stereocenters. The molecule has 0 fully saturated rings. The second-order valence-corrected chi connectivity index (χ2v) is 3.03. The van der Waals surface area contributed by atoms with E-state index in [1.807, 2.05) is 6.92 Å². The standard InChI is InChI=1S/C10H14O3/c1-2-4-9(11)10(12)7-8-5-3-6-13-8/h3,5-6,9,11H,2,4,7H2,1H3. The van der Waals surface area contributed by atoms with Crippen LogP contribution in [0.25, 0.3) is 0 Å². The number of rotatable bonds is 5. The Morgan fingerprint density at radius 1 is 1.69 bits per heavy atom. The predicted octanol–water partition coefficient (Wildman–Crippen LogP) is 1.55. The van der Waals surface area contributed by atoms with Crippen LogP contribution >= 0.6 is 0 Å². The SMILES string of the molecule is CCCC(O)C(=O)Cc1ccco1. The van der Waals surface area contributed by atoms with E-state index in [9.17, 15) is 9.90 Å². The van der Waals surface area contributed by atoms with E-state index in [4.69, 9.17) is 4.42 Å². The Morgan fingerprint density at radius 2 is 2.46 bits per heavy atom. The van der Waals surface area contributed by atoms with Gasteiger partial charge in [-0.25, -0.2) is 0 Å². The van der Waals surface area contributed by atoms with E-state index >= 15 is 0 Å². The number of carbonyl (C=O) groups excluding carboxylic acids is 1. The van der Waals surface area contributed by atoms with Crippen molar-refractivity contribution < 1.29 is 14.3 Å². The molecule has 72 valence electrons. The Morgan fingerprint density at radius 3 is 3.00 bits per heavy atom. The molecule has 0 bridgehead atoms. The van der Waals surface area contributed by atoms with Crippen molar-refractivity contribution in [2.45, 2.75) is 32.3 Å². The van der Waals surface area contributed by atoms with Gasteiger partial charge in [0, 0.05) is 0 Å². The Kier molecular flexibility index (Phi) is 3.71. The molecule has 0 amide bonds. The van der Waals surface area contributed by atoms with E-state index in [2.05, 4.69) is 0 Å². The van der Waals surface area contributed by atoms with Crippen molar-refractivity contribution in [1.82, 2.24) is 0 Å².